The van der Waals surface area contributed by atoms with Crippen molar-refractivity contribution in [3.05, 3.63) is 81.9 Å². The lowest BCUT2D eigenvalue weighted by Gasteiger charge is -2.12. The molecule has 1 amide bonds. The quantitative estimate of drug-likeness (QED) is 0.761. The van der Waals surface area contributed by atoms with Gasteiger partial charge in [-0.1, -0.05) is 35.9 Å². The van der Waals surface area contributed by atoms with Crippen LogP contribution in [0.1, 0.15) is 27.6 Å². The third-order valence-corrected chi connectivity index (χ3v) is 3.78. The van der Waals surface area contributed by atoms with Crippen molar-refractivity contribution in [2.24, 2.45) is 0 Å². The number of aromatic nitrogens is 2. The fourth-order valence-electron chi connectivity index (χ4n) is 2.37. The molecule has 0 aliphatic carbocycles. The molecule has 3 rings (SSSR count). The van der Waals surface area contributed by atoms with E-state index in [0.29, 0.717) is 11.2 Å². The smallest absolute Gasteiger partial charge is 0.270 e. The van der Waals surface area contributed by atoms with E-state index in [0.717, 1.165) is 5.56 Å². The third kappa shape index (κ3) is 3.18. The predicted molar refractivity (Wildman–Crippen MR) is 89.9 cm³/mol. The first kappa shape index (κ1) is 15.9. The van der Waals surface area contributed by atoms with E-state index in [1.165, 1.54) is 10.6 Å². The zero-order chi connectivity index (χ0) is 17.1. The summed E-state index contributed by atoms with van der Waals surface area (Å²) in [4.78, 5) is 28.6. The molecule has 24 heavy (non-hydrogen) atoms. The molecule has 0 bridgehead atoms. The highest BCUT2D eigenvalue weighted by atomic mass is 16.3. The largest absolute Gasteiger partial charge is 0.387 e. The van der Waals surface area contributed by atoms with Gasteiger partial charge in [0.15, 0.2) is 0 Å². The normalized spacial score (nSPS) is 12.1. The van der Waals surface area contributed by atoms with E-state index in [-0.39, 0.29) is 12.1 Å². The molecule has 0 spiro atoms. The summed E-state index contributed by atoms with van der Waals surface area (Å²) in [6.45, 7) is 1.97. The molecule has 6 nitrogen and oxygen atoms in total. The minimum absolute atomic E-state index is 0.0127. The topological polar surface area (TPSA) is 83.7 Å². The van der Waals surface area contributed by atoms with Crippen LogP contribution < -0.4 is 10.9 Å². The number of amides is 1. The van der Waals surface area contributed by atoms with Crippen molar-refractivity contribution in [1.82, 2.24) is 14.7 Å². The Balaban J connectivity index is 1.74. The van der Waals surface area contributed by atoms with Crippen LogP contribution in [0.15, 0.2) is 59.7 Å². The summed E-state index contributed by atoms with van der Waals surface area (Å²) in [6, 6.07) is 12.5. The van der Waals surface area contributed by atoms with E-state index in [1.54, 1.807) is 36.5 Å². The molecule has 1 unspecified atom stereocenters. The number of nitrogens with one attached hydrogen (secondary N) is 1. The Morgan fingerprint density at radius 2 is 2.00 bits per heavy atom. The van der Waals surface area contributed by atoms with Crippen LogP contribution in [0.5, 0.6) is 0 Å². The maximum absolute atomic E-state index is 12.3. The molecule has 0 aliphatic rings. The van der Waals surface area contributed by atoms with Crippen LogP contribution in [0.4, 0.5) is 0 Å². The lowest BCUT2D eigenvalue weighted by molar-refractivity contribution is 0.0914. The van der Waals surface area contributed by atoms with Gasteiger partial charge in [-0.3, -0.25) is 14.0 Å². The van der Waals surface area contributed by atoms with E-state index in [1.807, 2.05) is 19.1 Å². The predicted octanol–water partition coefficient (Wildman–Crippen LogP) is 1.47. The second-order valence-electron chi connectivity index (χ2n) is 5.54. The maximum Gasteiger partial charge on any atom is 0.270 e. The van der Waals surface area contributed by atoms with E-state index in [2.05, 4.69) is 10.3 Å². The van der Waals surface area contributed by atoms with Gasteiger partial charge in [-0.05, 0) is 24.6 Å². The molecular weight excluding hydrogens is 306 g/mol. The molecule has 2 aromatic heterocycles. The lowest BCUT2D eigenvalue weighted by Crippen LogP contribution is -2.34. The Kier molecular flexibility index (Phi) is 4.39. The number of aliphatic hydroxyl groups excluding tert-OH is 1. The van der Waals surface area contributed by atoms with Gasteiger partial charge in [0.25, 0.3) is 11.5 Å². The summed E-state index contributed by atoms with van der Waals surface area (Å²) in [7, 11) is 0. The number of aliphatic hydroxyl groups is 1. The third-order valence-electron chi connectivity index (χ3n) is 3.78. The van der Waals surface area contributed by atoms with Crippen LogP contribution in [-0.4, -0.2) is 26.9 Å². The molecule has 6 heteroatoms. The lowest BCUT2D eigenvalue weighted by atomic mass is 10.1. The SMILES string of the molecule is Cc1ccc(C(O)CNC(=O)c2cnc3ccccn3c2=O)cc1. The fraction of sp³-hybridized carbons (Fsp3) is 0.167. The van der Waals surface area contributed by atoms with Crippen LogP contribution in [-0.2, 0) is 0 Å². The van der Waals surface area contributed by atoms with Crippen molar-refractivity contribution < 1.29 is 9.90 Å². The molecule has 0 aliphatic heterocycles. The molecule has 1 aromatic carbocycles. The molecule has 0 fully saturated rings. The van der Waals surface area contributed by atoms with Crippen LogP contribution in [0.3, 0.4) is 0 Å². The Hall–Kier alpha value is -2.99. The first-order valence-electron chi connectivity index (χ1n) is 7.55. The zero-order valence-corrected chi connectivity index (χ0v) is 13.1. The molecular formula is C18H17N3O3. The van der Waals surface area contributed by atoms with E-state index in [9.17, 15) is 14.7 Å². The second kappa shape index (κ2) is 6.64. The van der Waals surface area contributed by atoms with Gasteiger partial charge in [0, 0.05) is 18.9 Å². The number of carbonyl (C=O) groups is 1. The van der Waals surface area contributed by atoms with Gasteiger partial charge in [-0.25, -0.2) is 4.98 Å². The Bertz CT molecular complexity index is 932. The number of rotatable bonds is 4. The number of fused-ring (bicyclic) bond motifs is 1. The summed E-state index contributed by atoms with van der Waals surface area (Å²) in [5, 5.41) is 12.7. The van der Waals surface area contributed by atoms with Gasteiger partial charge < -0.3 is 10.4 Å². The summed E-state index contributed by atoms with van der Waals surface area (Å²) in [5.41, 5.74) is 1.76. The van der Waals surface area contributed by atoms with Gasteiger partial charge in [-0.15, -0.1) is 0 Å². The van der Waals surface area contributed by atoms with Crippen molar-refractivity contribution in [3.63, 3.8) is 0 Å². The standard InChI is InChI=1S/C18H17N3O3/c1-12-5-7-13(8-6-12)15(22)11-20-17(23)14-10-19-16-4-2-3-9-21(16)18(14)24/h2-10,15,22H,11H2,1H3,(H,20,23). The maximum atomic E-state index is 12.3. The Morgan fingerprint density at radius 3 is 2.75 bits per heavy atom. The number of aryl methyl sites for hydroxylation is 1. The highest BCUT2D eigenvalue weighted by Gasteiger charge is 2.15. The fourth-order valence-corrected chi connectivity index (χ4v) is 2.37. The number of nitrogens with zero attached hydrogens (tertiary/aromatic N) is 2. The number of benzene rings is 1. The van der Waals surface area contributed by atoms with Crippen molar-refractivity contribution in [3.8, 4) is 0 Å². The van der Waals surface area contributed by atoms with E-state index < -0.39 is 17.6 Å². The second-order valence-corrected chi connectivity index (χ2v) is 5.54. The van der Waals surface area contributed by atoms with E-state index >= 15 is 0 Å². The Morgan fingerprint density at radius 1 is 1.25 bits per heavy atom. The average Bonchev–Trinajstić information content (AvgIpc) is 2.60. The van der Waals surface area contributed by atoms with Gasteiger partial charge in [0.1, 0.15) is 11.2 Å². The van der Waals surface area contributed by atoms with Gasteiger partial charge in [0.2, 0.25) is 0 Å². The Labute approximate surface area is 138 Å². The summed E-state index contributed by atoms with van der Waals surface area (Å²) in [6.07, 6.45) is 1.97. The molecule has 0 saturated carbocycles. The molecule has 1 atom stereocenters. The van der Waals surface area contributed by atoms with Crippen molar-refractivity contribution in [1.29, 1.82) is 0 Å². The summed E-state index contributed by atoms with van der Waals surface area (Å²) < 4.78 is 1.31. The average molecular weight is 323 g/mol. The monoisotopic (exact) mass is 323 g/mol. The van der Waals surface area contributed by atoms with Crippen LogP contribution >= 0.6 is 0 Å². The number of hydrogen-bond donors (Lipinski definition) is 2. The van der Waals surface area contributed by atoms with Crippen LogP contribution in [0.25, 0.3) is 5.65 Å². The number of pyridine rings is 1. The van der Waals surface area contributed by atoms with Gasteiger partial charge in [-0.2, -0.15) is 0 Å². The molecule has 122 valence electrons. The van der Waals surface area contributed by atoms with Crippen molar-refractivity contribution in [2.45, 2.75) is 13.0 Å². The molecule has 2 heterocycles. The number of hydrogen-bond acceptors (Lipinski definition) is 4. The highest BCUT2D eigenvalue weighted by molar-refractivity contribution is 5.93. The molecule has 2 N–H and O–H groups in total. The molecule has 0 radical (unpaired) electrons. The molecule has 3 aromatic rings. The van der Waals surface area contributed by atoms with Gasteiger partial charge >= 0.3 is 0 Å². The van der Waals surface area contributed by atoms with Crippen molar-refractivity contribution >= 4 is 11.6 Å². The summed E-state index contributed by atoms with van der Waals surface area (Å²) >= 11 is 0. The van der Waals surface area contributed by atoms with E-state index in [4.69, 9.17) is 0 Å². The summed E-state index contributed by atoms with van der Waals surface area (Å²) in [5.74, 6) is -0.558. The highest BCUT2D eigenvalue weighted by Crippen LogP contribution is 2.12. The minimum atomic E-state index is -0.842. The van der Waals surface area contributed by atoms with Gasteiger partial charge in [0.05, 0.1) is 6.10 Å². The molecule has 0 saturated heterocycles. The zero-order valence-electron chi connectivity index (χ0n) is 13.1. The minimum Gasteiger partial charge on any atom is -0.387 e. The van der Waals surface area contributed by atoms with Crippen LogP contribution in [0.2, 0.25) is 0 Å². The number of carbonyl (C=O) groups excluding carboxylic acids is 1. The first-order valence-corrected chi connectivity index (χ1v) is 7.55. The van der Waals surface area contributed by atoms with Crippen molar-refractivity contribution in [2.75, 3.05) is 6.54 Å². The van der Waals surface area contributed by atoms with Crippen LogP contribution in [0, 0.1) is 6.92 Å². The first-order chi connectivity index (χ1) is 11.6.